The van der Waals surface area contributed by atoms with E-state index in [0.29, 0.717) is 30.9 Å². The molecule has 144 valence electrons. The minimum Gasteiger partial charge on any atom is -0.497 e. The summed E-state index contributed by atoms with van der Waals surface area (Å²) in [5.74, 6) is -0.345. The van der Waals surface area contributed by atoms with Gasteiger partial charge in [-0.1, -0.05) is 12.1 Å². The summed E-state index contributed by atoms with van der Waals surface area (Å²) in [6.45, 7) is 2.89. The van der Waals surface area contributed by atoms with Gasteiger partial charge in [0.05, 0.1) is 17.4 Å². The minimum absolute atomic E-state index is 0.110. The Morgan fingerprint density at radius 1 is 1.26 bits per heavy atom. The van der Waals surface area contributed by atoms with E-state index in [0.717, 1.165) is 21.8 Å². The van der Waals surface area contributed by atoms with Gasteiger partial charge in [0, 0.05) is 24.6 Å². The summed E-state index contributed by atoms with van der Waals surface area (Å²) in [6, 6.07) is 9.53. The van der Waals surface area contributed by atoms with Crippen LogP contribution in [0.4, 0.5) is 0 Å². The number of nitrogens with one attached hydrogen (secondary N) is 1. The number of rotatable bonds is 6. The largest absolute Gasteiger partial charge is 0.497 e. The van der Waals surface area contributed by atoms with E-state index in [1.165, 1.54) is 11.3 Å². The average Bonchev–Trinajstić information content (AvgIpc) is 3.08. The quantitative estimate of drug-likeness (QED) is 0.791. The van der Waals surface area contributed by atoms with Gasteiger partial charge in [-0.15, -0.1) is 11.3 Å². The molecule has 2 aromatic rings. The number of carboxylic acid groups (broad SMARTS) is 1. The highest BCUT2D eigenvalue weighted by Gasteiger charge is 2.40. The van der Waals surface area contributed by atoms with Crippen molar-refractivity contribution in [2.75, 3.05) is 26.9 Å². The van der Waals surface area contributed by atoms with E-state index in [1.807, 2.05) is 37.3 Å². The summed E-state index contributed by atoms with van der Waals surface area (Å²) < 4.78 is 10.4. The maximum absolute atomic E-state index is 12.6. The lowest BCUT2D eigenvalue weighted by molar-refractivity contribution is -0.154. The molecule has 27 heavy (non-hydrogen) atoms. The van der Waals surface area contributed by atoms with Crippen molar-refractivity contribution in [3.8, 4) is 16.9 Å². The van der Waals surface area contributed by atoms with Crippen molar-refractivity contribution in [3.63, 3.8) is 0 Å². The second kappa shape index (κ2) is 8.10. The molecule has 1 aliphatic rings. The van der Waals surface area contributed by atoms with Crippen LogP contribution in [0.15, 0.2) is 30.3 Å². The van der Waals surface area contributed by atoms with Crippen LogP contribution >= 0.6 is 11.3 Å². The number of methoxy groups -OCH3 is 1. The summed E-state index contributed by atoms with van der Waals surface area (Å²) in [4.78, 5) is 25.9. The van der Waals surface area contributed by atoms with Gasteiger partial charge >= 0.3 is 5.97 Å². The molecule has 2 N–H and O–H groups in total. The Kier molecular flexibility index (Phi) is 5.82. The fraction of sp³-hybridized carbons (Fsp3) is 0.400. The first-order chi connectivity index (χ1) is 12.9. The van der Waals surface area contributed by atoms with Crippen molar-refractivity contribution in [1.82, 2.24) is 5.32 Å². The number of amides is 1. The van der Waals surface area contributed by atoms with E-state index in [9.17, 15) is 14.7 Å². The van der Waals surface area contributed by atoms with E-state index >= 15 is 0 Å². The lowest BCUT2D eigenvalue weighted by Gasteiger charge is -2.33. The van der Waals surface area contributed by atoms with Gasteiger partial charge in [-0.05, 0) is 49.1 Å². The predicted molar refractivity (Wildman–Crippen MR) is 103 cm³/mol. The van der Waals surface area contributed by atoms with Gasteiger partial charge in [0.2, 0.25) is 0 Å². The minimum atomic E-state index is -0.945. The Hall–Kier alpha value is -2.38. The van der Waals surface area contributed by atoms with Crippen LogP contribution in [0.3, 0.4) is 0 Å². The highest BCUT2D eigenvalue weighted by molar-refractivity contribution is 7.14. The van der Waals surface area contributed by atoms with E-state index in [1.54, 1.807) is 7.11 Å². The van der Waals surface area contributed by atoms with E-state index in [-0.39, 0.29) is 12.5 Å². The number of carbonyl (C=O) groups excluding carboxylic acids is 1. The number of hydrogen-bond acceptors (Lipinski definition) is 5. The second-order valence-corrected chi connectivity index (χ2v) is 7.95. The molecule has 0 radical (unpaired) electrons. The number of aliphatic carboxylic acids is 1. The molecule has 0 aliphatic carbocycles. The molecule has 0 saturated carbocycles. The third-order valence-electron chi connectivity index (χ3n) is 5.03. The Balaban J connectivity index is 1.72. The van der Waals surface area contributed by atoms with Crippen LogP contribution in [0.5, 0.6) is 5.75 Å². The van der Waals surface area contributed by atoms with Crippen LogP contribution in [0, 0.1) is 12.3 Å². The first-order valence-corrected chi connectivity index (χ1v) is 9.61. The Bertz CT molecular complexity index is 821. The molecule has 0 unspecified atom stereocenters. The number of benzene rings is 1. The molecule has 3 rings (SSSR count). The van der Waals surface area contributed by atoms with Crippen LogP contribution in [0.2, 0.25) is 0 Å². The van der Waals surface area contributed by atoms with Crippen molar-refractivity contribution >= 4 is 23.2 Å². The summed E-state index contributed by atoms with van der Waals surface area (Å²) in [6.07, 6.45) is 0.812. The van der Waals surface area contributed by atoms with Crippen LogP contribution in [0.1, 0.15) is 27.4 Å². The van der Waals surface area contributed by atoms with Gasteiger partial charge in [-0.3, -0.25) is 9.59 Å². The summed E-state index contributed by atoms with van der Waals surface area (Å²) in [5.41, 5.74) is 1.06. The SMILES string of the molecule is COc1ccc(-c2cc(C(=O)NCC3(C(=O)O)CCOCC3)sc2C)cc1. The van der Waals surface area contributed by atoms with E-state index < -0.39 is 11.4 Å². The van der Waals surface area contributed by atoms with Gasteiger partial charge in [0.25, 0.3) is 5.91 Å². The molecule has 0 bridgehead atoms. The number of ether oxygens (including phenoxy) is 2. The zero-order valence-electron chi connectivity index (χ0n) is 15.4. The van der Waals surface area contributed by atoms with Gasteiger partial charge in [-0.25, -0.2) is 0 Å². The number of carboxylic acids is 1. The topological polar surface area (TPSA) is 84.9 Å². The summed E-state index contributed by atoms with van der Waals surface area (Å²) in [5, 5.41) is 12.4. The zero-order chi connectivity index (χ0) is 19.4. The molecule has 1 amide bonds. The highest BCUT2D eigenvalue weighted by Crippen LogP contribution is 2.33. The van der Waals surface area contributed by atoms with Crippen molar-refractivity contribution in [1.29, 1.82) is 0 Å². The molecule has 1 fully saturated rings. The molecular formula is C20H23NO5S. The first kappa shape index (κ1) is 19.4. The van der Waals surface area contributed by atoms with Gasteiger partial charge < -0.3 is 19.9 Å². The molecule has 1 aliphatic heterocycles. The average molecular weight is 389 g/mol. The van der Waals surface area contributed by atoms with Crippen LogP contribution in [-0.2, 0) is 9.53 Å². The fourth-order valence-corrected chi connectivity index (χ4v) is 4.17. The Labute approximate surface area is 162 Å². The smallest absolute Gasteiger partial charge is 0.311 e. The molecule has 1 saturated heterocycles. The highest BCUT2D eigenvalue weighted by atomic mass is 32.1. The molecule has 1 aromatic heterocycles. The normalized spacial score (nSPS) is 15.9. The van der Waals surface area contributed by atoms with Crippen molar-refractivity contribution < 1.29 is 24.2 Å². The standard InChI is InChI=1S/C20H23NO5S/c1-13-16(14-3-5-15(25-2)6-4-14)11-17(27-13)18(22)21-12-20(19(23)24)7-9-26-10-8-20/h3-6,11H,7-10,12H2,1-2H3,(H,21,22)(H,23,24). The monoisotopic (exact) mass is 389 g/mol. The Morgan fingerprint density at radius 3 is 2.52 bits per heavy atom. The lowest BCUT2D eigenvalue weighted by Crippen LogP contribution is -2.46. The molecule has 6 nitrogen and oxygen atoms in total. The third kappa shape index (κ3) is 4.14. The zero-order valence-corrected chi connectivity index (χ0v) is 16.2. The van der Waals surface area contributed by atoms with Gasteiger partial charge in [-0.2, -0.15) is 0 Å². The van der Waals surface area contributed by atoms with Crippen molar-refractivity contribution in [2.45, 2.75) is 19.8 Å². The number of hydrogen-bond donors (Lipinski definition) is 2. The van der Waals surface area contributed by atoms with Crippen molar-refractivity contribution in [2.24, 2.45) is 5.41 Å². The lowest BCUT2D eigenvalue weighted by atomic mass is 9.80. The Morgan fingerprint density at radius 2 is 1.93 bits per heavy atom. The first-order valence-electron chi connectivity index (χ1n) is 8.79. The number of aryl methyl sites for hydroxylation is 1. The van der Waals surface area contributed by atoms with Gasteiger partial charge in [0.15, 0.2) is 0 Å². The molecule has 2 heterocycles. The molecular weight excluding hydrogens is 366 g/mol. The maximum Gasteiger partial charge on any atom is 0.311 e. The third-order valence-corrected chi connectivity index (χ3v) is 6.08. The molecule has 0 spiro atoms. The molecule has 7 heteroatoms. The van der Waals surface area contributed by atoms with Crippen LogP contribution in [0.25, 0.3) is 11.1 Å². The van der Waals surface area contributed by atoms with E-state index in [4.69, 9.17) is 9.47 Å². The van der Waals surface area contributed by atoms with Crippen molar-refractivity contribution in [3.05, 3.63) is 40.1 Å². The fourth-order valence-electron chi connectivity index (χ4n) is 3.22. The molecule has 0 atom stereocenters. The van der Waals surface area contributed by atoms with Crippen LogP contribution < -0.4 is 10.1 Å². The summed E-state index contributed by atoms with van der Waals surface area (Å²) in [7, 11) is 1.62. The predicted octanol–water partition coefficient (Wildman–Crippen LogP) is 3.34. The van der Waals surface area contributed by atoms with Gasteiger partial charge in [0.1, 0.15) is 5.75 Å². The second-order valence-electron chi connectivity index (χ2n) is 6.69. The van der Waals surface area contributed by atoms with E-state index in [2.05, 4.69) is 5.32 Å². The number of thiophene rings is 1. The maximum atomic E-state index is 12.6. The number of carbonyl (C=O) groups is 2. The molecule has 1 aromatic carbocycles. The van der Waals surface area contributed by atoms with Crippen LogP contribution in [-0.4, -0.2) is 43.9 Å². The summed E-state index contributed by atoms with van der Waals surface area (Å²) >= 11 is 1.41.